The number of para-hydroxylation sites is 1. The van der Waals surface area contributed by atoms with E-state index in [1.165, 1.54) is 24.4 Å². The first-order valence-electron chi connectivity index (χ1n) is 11.7. The first-order valence-corrected chi connectivity index (χ1v) is 16.2. The Hall–Kier alpha value is -2.99. The third kappa shape index (κ3) is 9.50. The lowest BCUT2D eigenvalue weighted by Crippen LogP contribution is -2.34. The summed E-state index contributed by atoms with van der Waals surface area (Å²) in [6, 6.07) is 5.85. The predicted molar refractivity (Wildman–Crippen MR) is 141 cm³/mol. The Morgan fingerprint density at radius 3 is 2.35 bits per heavy atom. The normalized spacial score (nSPS) is 19.3. The maximum absolute atomic E-state index is 12.4. The first-order chi connectivity index (χ1) is 20.1. The Labute approximate surface area is 241 Å². The molecule has 238 valence electrons. The Morgan fingerprint density at radius 2 is 1.70 bits per heavy atom. The molecule has 23 heteroatoms. The van der Waals surface area contributed by atoms with Crippen LogP contribution in [0.2, 0.25) is 0 Å². The number of benzene rings is 1. The molecule has 0 spiro atoms. The quantitative estimate of drug-likeness (QED) is 0.113. The number of nitrogens with one attached hydrogen (secondary N) is 1. The molecule has 2 aromatic rings. The van der Waals surface area contributed by atoms with Gasteiger partial charge in [-0.1, -0.05) is 12.1 Å². The number of nitro benzene ring substituents is 1. The summed E-state index contributed by atoms with van der Waals surface area (Å²) in [5.74, 6) is -1.78. The Kier molecular flexibility index (Phi) is 11.4. The molecule has 1 aliphatic rings. The minimum Gasteiger partial charge on any atom is -0.508 e. The van der Waals surface area contributed by atoms with E-state index in [2.05, 4.69) is 27.2 Å². The molecular weight excluding hydrogens is 647 g/mol. The average molecular weight is 673 g/mol. The van der Waals surface area contributed by atoms with Crippen LogP contribution in [-0.4, -0.2) is 56.8 Å². The molecule has 3 rings (SSSR count). The number of aromatic amines is 1. The molecule has 43 heavy (non-hydrogen) atoms. The summed E-state index contributed by atoms with van der Waals surface area (Å²) in [7, 11) is -14.1. The van der Waals surface area contributed by atoms with Crippen LogP contribution < -0.4 is 11.2 Å². The van der Waals surface area contributed by atoms with Crippen molar-refractivity contribution >= 4 is 29.2 Å². The summed E-state index contributed by atoms with van der Waals surface area (Å²) >= 11 is 0. The lowest BCUT2D eigenvalue weighted by atomic mass is 10.1. The molecule has 20 nitrogen and oxygen atoms in total. The van der Waals surface area contributed by atoms with Crippen molar-refractivity contribution in [2.45, 2.75) is 19.8 Å². The van der Waals surface area contributed by atoms with Gasteiger partial charge >= 0.3 is 29.2 Å². The fourth-order valence-corrected chi connectivity index (χ4v) is 7.16. The van der Waals surface area contributed by atoms with Gasteiger partial charge in [-0.15, -0.1) is 0 Å². The number of hydrogen-bond acceptors (Lipinski definition) is 15. The fourth-order valence-electron chi connectivity index (χ4n) is 3.48. The molecule has 0 radical (unpaired) electrons. The minimum atomic E-state index is -5.33. The van der Waals surface area contributed by atoms with Gasteiger partial charge in [0.1, 0.15) is 12.4 Å². The largest absolute Gasteiger partial charge is 0.508 e. The predicted octanol–water partition coefficient (Wildman–Crippen LogP) is 2.23. The number of aliphatic hydroxyl groups excluding tert-OH is 1. The molecule has 4 unspecified atom stereocenters. The molecule has 0 fully saturated rings. The third-order valence-corrected chi connectivity index (χ3v) is 10.2. The van der Waals surface area contributed by atoms with Crippen LogP contribution in [-0.2, 0) is 65.1 Å². The topological polar surface area (TPSA) is 275 Å². The van der Waals surface area contributed by atoms with Crippen LogP contribution in [0.5, 0.6) is 0 Å². The van der Waals surface area contributed by atoms with Crippen LogP contribution in [0.3, 0.4) is 0 Å². The zero-order valence-electron chi connectivity index (χ0n) is 22.3. The van der Waals surface area contributed by atoms with E-state index in [0.717, 1.165) is 11.7 Å². The zero-order chi connectivity index (χ0) is 32.0. The number of aliphatic hydroxyl groups is 1. The van der Waals surface area contributed by atoms with Crippen molar-refractivity contribution in [3.8, 4) is 0 Å². The fraction of sp³-hybridized carbons (Fsp3) is 0.400. The van der Waals surface area contributed by atoms with E-state index in [1.807, 2.05) is 0 Å². The molecule has 1 aromatic carbocycles. The van der Waals surface area contributed by atoms with Gasteiger partial charge in [-0.25, -0.2) is 18.5 Å². The van der Waals surface area contributed by atoms with Crippen LogP contribution in [0.25, 0.3) is 0 Å². The molecule has 2 heterocycles. The van der Waals surface area contributed by atoms with E-state index < -0.39 is 57.9 Å². The summed E-state index contributed by atoms with van der Waals surface area (Å²) in [6.07, 6.45) is 1.17. The summed E-state index contributed by atoms with van der Waals surface area (Å²) in [5, 5.41) is 21.7. The van der Waals surface area contributed by atoms with Gasteiger partial charge in [0.25, 0.3) is 11.2 Å². The van der Waals surface area contributed by atoms with Gasteiger partial charge in [-0.05, 0) is 6.07 Å². The lowest BCUT2D eigenvalue weighted by molar-refractivity contribution is -0.386. The second-order valence-corrected chi connectivity index (χ2v) is 13.5. The van der Waals surface area contributed by atoms with Crippen molar-refractivity contribution in [3.05, 3.63) is 84.1 Å². The molecule has 4 N–H and O–H groups in total. The molecule has 0 aliphatic carbocycles. The number of H-pyrrole nitrogens is 1. The molecule has 0 saturated heterocycles. The van der Waals surface area contributed by atoms with Crippen LogP contribution in [0.15, 0.2) is 51.6 Å². The second-order valence-electron chi connectivity index (χ2n) is 8.45. The molecule has 0 amide bonds. The number of aromatic nitrogens is 2. The highest BCUT2D eigenvalue weighted by atomic mass is 31.3. The summed E-state index contributed by atoms with van der Waals surface area (Å²) < 4.78 is 69.0. The Morgan fingerprint density at radius 1 is 1.05 bits per heavy atom. The number of ether oxygens (including phenoxy) is 2. The van der Waals surface area contributed by atoms with Crippen LogP contribution in [0.4, 0.5) is 5.69 Å². The van der Waals surface area contributed by atoms with Gasteiger partial charge in [0.15, 0.2) is 5.76 Å². The average Bonchev–Trinajstić information content (AvgIpc) is 3.28. The van der Waals surface area contributed by atoms with Gasteiger partial charge in [-0.3, -0.25) is 38.0 Å². The van der Waals surface area contributed by atoms with Gasteiger partial charge < -0.3 is 24.4 Å². The van der Waals surface area contributed by atoms with E-state index in [1.54, 1.807) is 6.07 Å². The van der Waals surface area contributed by atoms with E-state index in [9.17, 15) is 48.3 Å². The maximum atomic E-state index is 12.4. The first kappa shape index (κ1) is 34.5. The SMILES string of the molecule is COP(=O)(O)OP(=O)(OC)OP(=O)(O)OCC1=C(O)C(Cn2cc(COCc3ccccc3[N+](=O)[O-])c(=O)[nH]c2=O)CO1. The van der Waals surface area contributed by atoms with Gasteiger partial charge in [0, 0.05) is 33.0 Å². The monoisotopic (exact) mass is 673 g/mol. The number of nitro groups is 1. The zero-order valence-corrected chi connectivity index (χ0v) is 25.0. The van der Waals surface area contributed by atoms with E-state index >= 15 is 0 Å². The van der Waals surface area contributed by atoms with E-state index in [0.29, 0.717) is 7.11 Å². The van der Waals surface area contributed by atoms with Crippen LogP contribution >= 0.6 is 23.5 Å². The Balaban J connectivity index is 1.65. The van der Waals surface area contributed by atoms with Crippen molar-refractivity contribution in [2.24, 2.45) is 5.92 Å². The standard InChI is InChI=1S/C20H26N3O17P3/c1-34-41(29,30)39-43(33,35-2)40-42(31,32)38-12-17-18(24)14(11-37-17)7-22-8-15(19(25)21-20(22)26)10-36-9-13-5-3-4-6-16(13)23(27)28/h3-6,8,14,24H,7,9-12H2,1-2H3,(H,29,30)(H,31,32)(H,21,25,26). The van der Waals surface area contributed by atoms with Gasteiger partial charge in [0.05, 0.1) is 41.8 Å². The highest BCUT2D eigenvalue weighted by Crippen LogP contribution is 2.69. The molecule has 1 aromatic heterocycles. The summed E-state index contributed by atoms with van der Waals surface area (Å²) in [5.41, 5.74) is -1.51. The van der Waals surface area contributed by atoms with Gasteiger partial charge in [-0.2, -0.15) is 8.62 Å². The smallest absolute Gasteiger partial charge is 0.492 e. The summed E-state index contributed by atoms with van der Waals surface area (Å²) in [4.78, 5) is 56.4. The number of nitrogens with zero attached hydrogens (tertiary/aromatic N) is 2. The van der Waals surface area contributed by atoms with Crippen molar-refractivity contribution in [1.82, 2.24) is 9.55 Å². The number of rotatable bonds is 16. The third-order valence-electron chi connectivity index (χ3n) is 5.56. The number of phosphoric acid groups is 3. The highest BCUT2D eigenvalue weighted by molar-refractivity contribution is 7.67. The Bertz CT molecular complexity index is 1640. The van der Waals surface area contributed by atoms with E-state index in [-0.39, 0.29) is 48.9 Å². The molecule has 1 aliphatic heterocycles. The van der Waals surface area contributed by atoms with Crippen molar-refractivity contribution in [3.63, 3.8) is 0 Å². The van der Waals surface area contributed by atoms with E-state index in [4.69, 9.17) is 9.47 Å². The molecule has 0 bridgehead atoms. The van der Waals surface area contributed by atoms with Crippen LogP contribution in [0.1, 0.15) is 11.1 Å². The maximum Gasteiger partial charge on any atom is 0.492 e. The molecule has 4 atom stereocenters. The van der Waals surface area contributed by atoms with Gasteiger partial charge in [0.2, 0.25) is 0 Å². The van der Waals surface area contributed by atoms with Crippen molar-refractivity contribution in [1.29, 1.82) is 0 Å². The second kappa shape index (κ2) is 14.2. The highest BCUT2D eigenvalue weighted by Gasteiger charge is 2.44. The van der Waals surface area contributed by atoms with Crippen molar-refractivity contribution < 1.29 is 65.2 Å². The van der Waals surface area contributed by atoms with Crippen molar-refractivity contribution in [2.75, 3.05) is 27.4 Å². The molecule has 0 saturated carbocycles. The molecular formula is C20H26N3O17P3. The number of hydrogen-bond donors (Lipinski definition) is 4. The summed E-state index contributed by atoms with van der Waals surface area (Å²) in [6.45, 7) is -1.93. The minimum absolute atomic E-state index is 0.00631. The number of phosphoric ester groups is 2. The van der Waals surface area contributed by atoms with Crippen LogP contribution in [0, 0.1) is 16.0 Å². The lowest BCUT2D eigenvalue weighted by Gasteiger charge is -2.19.